The number of morpholine rings is 1. The minimum Gasteiger partial charge on any atom is -0.378 e. The summed E-state index contributed by atoms with van der Waals surface area (Å²) >= 11 is 1.46. The van der Waals surface area contributed by atoms with E-state index in [-0.39, 0.29) is 4.90 Å². The van der Waals surface area contributed by atoms with Crippen molar-refractivity contribution in [3.8, 4) is 0 Å². The van der Waals surface area contributed by atoms with E-state index in [1.165, 1.54) is 11.3 Å². The molecule has 6 nitrogen and oxygen atoms in total. The SMILES string of the molecule is O=S(=O)(Nc1ccc2nc(N3CCOCC3)sc2c1)c1ccc(F)c(F)c1. The lowest BCUT2D eigenvalue weighted by atomic mass is 10.3. The van der Waals surface area contributed by atoms with E-state index in [9.17, 15) is 17.2 Å². The van der Waals surface area contributed by atoms with E-state index in [0.717, 1.165) is 40.6 Å². The molecule has 0 bridgehead atoms. The molecule has 1 aliphatic heterocycles. The number of rotatable bonds is 4. The molecule has 1 aromatic heterocycles. The number of fused-ring (bicyclic) bond motifs is 1. The molecule has 1 saturated heterocycles. The number of benzene rings is 2. The van der Waals surface area contributed by atoms with Crippen LogP contribution in [0.2, 0.25) is 0 Å². The number of hydrogen-bond acceptors (Lipinski definition) is 6. The van der Waals surface area contributed by atoms with Crippen molar-refractivity contribution in [1.82, 2.24) is 4.98 Å². The van der Waals surface area contributed by atoms with Crippen molar-refractivity contribution in [1.29, 1.82) is 0 Å². The number of ether oxygens (including phenoxy) is 1. The summed E-state index contributed by atoms with van der Waals surface area (Å²) in [4.78, 5) is 6.35. The van der Waals surface area contributed by atoms with Gasteiger partial charge in [0, 0.05) is 13.1 Å². The van der Waals surface area contributed by atoms with Crippen LogP contribution >= 0.6 is 11.3 Å². The van der Waals surface area contributed by atoms with Gasteiger partial charge < -0.3 is 9.64 Å². The minimum atomic E-state index is -4.03. The van der Waals surface area contributed by atoms with Gasteiger partial charge in [-0.15, -0.1) is 0 Å². The maximum absolute atomic E-state index is 13.3. The third kappa shape index (κ3) is 3.73. The van der Waals surface area contributed by atoms with E-state index in [4.69, 9.17) is 4.74 Å². The maximum atomic E-state index is 13.3. The van der Waals surface area contributed by atoms with Crippen molar-refractivity contribution in [2.45, 2.75) is 4.90 Å². The van der Waals surface area contributed by atoms with E-state index in [1.54, 1.807) is 18.2 Å². The molecule has 0 amide bonds. The molecule has 0 radical (unpaired) electrons. The van der Waals surface area contributed by atoms with Crippen molar-refractivity contribution in [3.05, 3.63) is 48.0 Å². The molecular formula is C17H15F2N3O3S2. The van der Waals surface area contributed by atoms with Crippen LogP contribution in [0.4, 0.5) is 19.6 Å². The van der Waals surface area contributed by atoms with E-state index in [1.807, 2.05) is 0 Å². The Bertz CT molecular complexity index is 1100. The monoisotopic (exact) mass is 411 g/mol. The summed E-state index contributed by atoms with van der Waals surface area (Å²) < 4.78 is 59.8. The van der Waals surface area contributed by atoms with Gasteiger partial charge in [0.15, 0.2) is 16.8 Å². The van der Waals surface area contributed by atoms with Gasteiger partial charge in [-0.05, 0) is 36.4 Å². The first kappa shape index (κ1) is 18.1. The Kier molecular flexibility index (Phi) is 4.70. The Morgan fingerprint density at radius 1 is 1.07 bits per heavy atom. The number of halogens is 2. The van der Waals surface area contributed by atoms with Gasteiger partial charge in [-0.3, -0.25) is 4.72 Å². The summed E-state index contributed by atoms with van der Waals surface area (Å²) in [6.45, 7) is 2.81. The highest BCUT2D eigenvalue weighted by Gasteiger charge is 2.19. The highest BCUT2D eigenvalue weighted by molar-refractivity contribution is 7.92. The fourth-order valence-corrected chi connectivity index (χ4v) is 4.84. The molecule has 0 saturated carbocycles. The van der Waals surface area contributed by atoms with Crippen molar-refractivity contribution >= 4 is 42.4 Å². The van der Waals surface area contributed by atoms with Gasteiger partial charge in [-0.25, -0.2) is 22.2 Å². The van der Waals surface area contributed by atoms with E-state index >= 15 is 0 Å². The third-order valence-electron chi connectivity index (χ3n) is 4.11. The van der Waals surface area contributed by atoms with E-state index < -0.39 is 21.7 Å². The van der Waals surface area contributed by atoms with E-state index in [0.29, 0.717) is 25.0 Å². The highest BCUT2D eigenvalue weighted by Crippen LogP contribution is 2.31. The Morgan fingerprint density at radius 2 is 1.85 bits per heavy atom. The molecule has 3 aromatic rings. The number of aromatic nitrogens is 1. The average Bonchev–Trinajstić information content (AvgIpc) is 3.07. The number of hydrogen-bond donors (Lipinski definition) is 1. The van der Waals surface area contributed by atoms with Gasteiger partial charge in [0.25, 0.3) is 10.0 Å². The Labute approximate surface area is 158 Å². The molecule has 0 unspecified atom stereocenters. The summed E-state index contributed by atoms with van der Waals surface area (Å²) in [6, 6.07) is 7.43. The van der Waals surface area contributed by atoms with Gasteiger partial charge >= 0.3 is 0 Å². The van der Waals surface area contributed by atoms with Gasteiger partial charge in [0.1, 0.15) is 0 Å². The zero-order chi connectivity index (χ0) is 19.0. The molecule has 1 fully saturated rings. The highest BCUT2D eigenvalue weighted by atomic mass is 32.2. The normalized spacial score (nSPS) is 15.3. The summed E-state index contributed by atoms with van der Waals surface area (Å²) in [5.74, 6) is -2.32. The quantitative estimate of drug-likeness (QED) is 0.714. The molecule has 2 aromatic carbocycles. The zero-order valence-electron chi connectivity index (χ0n) is 14.0. The minimum absolute atomic E-state index is 0.324. The van der Waals surface area contributed by atoms with Crippen LogP contribution in [-0.2, 0) is 14.8 Å². The maximum Gasteiger partial charge on any atom is 0.261 e. The molecule has 142 valence electrons. The zero-order valence-corrected chi connectivity index (χ0v) is 15.6. The molecule has 0 spiro atoms. The lowest BCUT2D eigenvalue weighted by Gasteiger charge is -2.25. The molecule has 0 atom stereocenters. The van der Waals surface area contributed by atoms with E-state index in [2.05, 4.69) is 14.6 Å². The number of sulfonamides is 1. The lowest BCUT2D eigenvalue weighted by Crippen LogP contribution is -2.36. The van der Waals surface area contributed by atoms with Gasteiger partial charge in [-0.1, -0.05) is 11.3 Å². The fraction of sp³-hybridized carbons (Fsp3) is 0.235. The Hall–Kier alpha value is -2.30. The standard InChI is InChI=1S/C17H15F2N3O3S2/c18-13-3-2-12(10-14(13)19)27(23,24)21-11-1-4-15-16(9-11)26-17(20-15)22-5-7-25-8-6-22/h1-4,9-10,21H,5-8H2. The predicted molar refractivity (Wildman–Crippen MR) is 99.8 cm³/mol. The first-order valence-electron chi connectivity index (χ1n) is 8.13. The van der Waals surface area contributed by atoms with Crippen LogP contribution in [0.3, 0.4) is 0 Å². The molecule has 1 N–H and O–H groups in total. The van der Waals surface area contributed by atoms with Gasteiger partial charge in [-0.2, -0.15) is 0 Å². The summed E-state index contributed by atoms with van der Waals surface area (Å²) in [5.41, 5.74) is 1.08. The molecule has 2 heterocycles. The summed E-state index contributed by atoms with van der Waals surface area (Å²) in [7, 11) is -4.03. The predicted octanol–water partition coefficient (Wildman–Crippen LogP) is 3.21. The van der Waals surface area contributed by atoms with Crippen LogP contribution < -0.4 is 9.62 Å². The average molecular weight is 411 g/mol. The topological polar surface area (TPSA) is 71.5 Å². The third-order valence-corrected chi connectivity index (χ3v) is 6.57. The Morgan fingerprint density at radius 3 is 2.59 bits per heavy atom. The van der Waals surface area contributed by atoms with Crippen molar-refractivity contribution < 1.29 is 21.9 Å². The smallest absolute Gasteiger partial charge is 0.261 e. The van der Waals surface area contributed by atoms with Crippen molar-refractivity contribution in [2.24, 2.45) is 0 Å². The first-order chi connectivity index (χ1) is 12.9. The van der Waals surface area contributed by atoms with Gasteiger partial charge in [0.2, 0.25) is 0 Å². The summed E-state index contributed by atoms with van der Waals surface area (Å²) in [5, 5.41) is 0.855. The van der Waals surface area contributed by atoms with Crippen molar-refractivity contribution in [3.63, 3.8) is 0 Å². The second-order valence-corrected chi connectivity index (χ2v) is 8.65. The summed E-state index contributed by atoms with van der Waals surface area (Å²) in [6.07, 6.45) is 0. The molecule has 10 heteroatoms. The van der Waals surface area contributed by atoms with Crippen LogP contribution in [0.15, 0.2) is 41.3 Å². The van der Waals surface area contributed by atoms with Crippen LogP contribution in [0.25, 0.3) is 10.2 Å². The number of nitrogens with one attached hydrogen (secondary N) is 1. The molecule has 0 aliphatic carbocycles. The van der Waals surface area contributed by atoms with Crippen LogP contribution in [-0.4, -0.2) is 39.7 Å². The first-order valence-corrected chi connectivity index (χ1v) is 10.4. The van der Waals surface area contributed by atoms with Crippen LogP contribution in [0.1, 0.15) is 0 Å². The fourth-order valence-electron chi connectivity index (χ4n) is 2.72. The molecule has 4 rings (SSSR count). The van der Waals surface area contributed by atoms with Crippen LogP contribution in [0, 0.1) is 11.6 Å². The Balaban J connectivity index is 1.60. The second-order valence-electron chi connectivity index (χ2n) is 5.96. The molecule has 27 heavy (non-hydrogen) atoms. The molecular weight excluding hydrogens is 396 g/mol. The largest absolute Gasteiger partial charge is 0.378 e. The number of nitrogens with zero attached hydrogens (tertiary/aromatic N) is 2. The lowest BCUT2D eigenvalue weighted by molar-refractivity contribution is 0.122. The molecule has 1 aliphatic rings. The second kappa shape index (κ2) is 7.02. The van der Waals surface area contributed by atoms with Crippen LogP contribution in [0.5, 0.6) is 0 Å². The number of anilines is 2. The van der Waals surface area contributed by atoms with Gasteiger partial charge in [0.05, 0.1) is 34.0 Å². The van der Waals surface area contributed by atoms with Crippen molar-refractivity contribution in [2.75, 3.05) is 35.9 Å². The number of thiazole rings is 1.